The van der Waals surface area contributed by atoms with Crippen molar-refractivity contribution >= 4 is 40.9 Å². The summed E-state index contributed by atoms with van der Waals surface area (Å²) < 4.78 is 20.2. The average molecular weight is 959 g/mol. The molecule has 9 rings (SSSR count). The van der Waals surface area contributed by atoms with E-state index in [1.54, 1.807) is 12.1 Å². The number of nitro benzene ring substituents is 2. The van der Waals surface area contributed by atoms with E-state index in [0.29, 0.717) is 54.1 Å². The Morgan fingerprint density at radius 3 is 1.61 bits per heavy atom. The zero-order valence-corrected chi connectivity index (χ0v) is 41.2. The first-order chi connectivity index (χ1) is 34.1. The van der Waals surface area contributed by atoms with Crippen LogP contribution in [0.5, 0.6) is 11.5 Å². The summed E-state index contributed by atoms with van der Waals surface area (Å²) in [5, 5.41) is 33.0. The molecule has 0 amide bonds. The average Bonchev–Trinajstić information content (AvgIpc) is 3.65. The number of rotatable bonds is 18. The molecule has 4 aliphatic rings. The monoisotopic (exact) mass is 958 g/mol. The van der Waals surface area contributed by atoms with Gasteiger partial charge in [0.05, 0.1) is 20.7 Å². The molecule has 13 nitrogen and oxygen atoms in total. The fourth-order valence-corrected chi connectivity index (χ4v) is 11.0. The van der Waals surface area contributed by atoms with E-state index in [-0.39, 0.29) is 41.9 Å². The third-order valence-electron chi connectivity index (χ3n) is 15.0. The SMILES string of the molecule is CCc1cc([N+](=O)[O-])cc2c1OC1(C=C2)N(Cc2ccc(CN3c4ccccc4C(C)(C)C34C=Cc3cc([N+](=O)[O-])cc(COC(=O)CCCC/C=C/CCCCO)c3O4)cc2)c2ccccc2C1(C)C. The van der Waals surface area contributed by atoms with Gasteiger partial charge in [0.25, 0.3) is 11.4 Å². The molecule has 0 bridgehead atoms. The lowest BCUT2D eigenvalue weighted by Gasteiger charge is -2.47. The van der Waals surface area contributed by atoms with Crippen LogP contribution in [-0.4, -0.2) is 39.0 Å². The van der Waals surface area contributed by atoms with Gasteiger partial charge >= 0.3 is 5.97 Å². The highest BCUT2D eigenvalue weighted by Gasteiger charge is 2.60. The lowest BCUT2D eigenvalue weighted by atomic mass is 9.76. The number of para-hydroxylation sites is 2. The molecule has 0 aliphatic carbocycles. The summed E-state index contributed by atoms with van der Waals surface area (Å²) in [6, 6.07) is 31.4. The first-order valence-corrected chi connectivity index (χ1v) is 24.8. The van der Waals surface area contributed by atoms with Crippen molar-refractivity contribution in [3.05, 3.63) is 186 Å². The Morgan fingerprint density at radius 2 is 1.13 bits per heavy atom. The van der Waals surface area contributed by atoms with Crippen LogP contribution in [0.2, 0.25) is 0 Å². The molecule has 4 heterocycles. The third kappa shape index (κ3) is 8.74. The third-order valence-corrected chi connectivity index (χ3v) is 15.0. The van der Waals surface area contributed by atoms with Gasteiger partial charge in [-0.05, 0) is 131 Å². The summed E-state index contributed by atoms with van der Waals surface area (Å²) in [5.41, 5.74) is 5.62. The van der Waals surface area contributed by atoms with Gasteiger partial charge in [-0.15, -0.1) is 0 Å². The largest absolute Gasteiger partial charge is 0.462 e. The Bertz CT molecular complexity index is 2960. The number of aliphatic hydroxyl groups excluding tert-OH is 1. The highest BCUT2D eigenvalue weighted by molar-refractivity contribution is 5.76. The smallest absolute Gasteiger partial charge is 0.306 e. The summed E-state index contributed by atoms with van der Waals surface area (Å²) in [6.45, 7) is 11.7. The number of fused-ring (bicyclic) bond motifs is 4. The fourth-order valence-electron chi connectivity index (χ4n) is 11.0. The van der Waals surface area contributed by atoms with E-state index in [1.165, 1.54) is 12.1 Å². The van der Waals surface area contributed by atoms with Crippen LogP contribution < -0.4 is 19.3 Å². The molecule has 0 saturated carbocycles. The summed E-state index contributed by atoms with van der Waals surface area (Å²) in [4.78, 5) is 40.9. The van der Waals surface area contributed by atoms with Crippen molar-refractivity contribution < 1.29 is 34.0 Å². The number of esters is 1. The summed E-state index contributed by atoms with van der Waals surface area (Å²) >= 11 is 0. The van der Waals surface area contributed by atoms with Gasteiger partial charge < -0.3 is 29.1 Å². The molecule has 0 saturated heterocycles. The molecule has 5 aromatic rings. The molecular formula is C58H62N4O9. The van der Waals surface area contributed by atoms with Gasteiger partial charge in [-0.3, -0.25) is 25.0 Å². The lowest BCUT2D eigenvalue weighted by Crippen LogP contribution is -2.59. The number of unbranched alkanes of at least 4 members (excludes halogenated alkanes) is 4. The number of hydrogen-bond acceptors (Lipinski definition) is 11. The van der Waals surface area contributed by atoms with Gasteiger partial charge in [-0.2, -0.15) is 0 Å². The molecule has 2 unspecified atom stereocenters. The van der Waals surface area contributed by atoms with Crippen LogP contribution in [0.3, 0.4) is 0 Å². The van der Waals surface area contributed by atoms with Crippen molar-refractivity contribution in [1.82, 2.24) is 0 Å². The van der Waals surface area contributed by atoms with Crippen LogP contribution in [0.1, 0.15) is 124 Å². The first-order valence-electron chi connectivity index (χ1n) is 24.8. The molecular weight excluding hydrogens is 897 g/mol. The zero-order valence-electron chi connectivity index (χ0n) is 41.2. The molecule has 0 fully saturated rings. The van der Waals surface area contributed by atoms with Gasteiger partial charge in [-0.25, -0.2) is 0 Å². The van der Waals surface area contributed by atoms with Crippen molar-refractivity contribution in [2.45, 2.75) is 128 Å². The second-order valence-corrected chi connectivity index (χ2v) is 20.0. The quantitative estimate of drug-likeness (QED) is 0.0293. The van der Waals surface area contributed by atoms with E-state index in [1.807, 2.05) is 43.4 Å². The standard InChI is InChI=1S/C58H62N4O9/c1-6-42-33-46(61(65)66)34-43-28-30-57(70-53(42)43)55(2,3)48-19-14-16-21-50(48)59(57)37-40-24-26-41(27-25-40)38-60-51-22-17-15-20-49(51)56(4,5)58(60)31-29-44-35-47(62(67)68)36-45(54(44)71-58)39-69-52(64)23-13-11-9-7-8-10-12-18-32-63/h7-8,14-17,19-22,24-31,33-36,63H,6,9-13,18,23,32,37-39H2,1-5H3/b8-7+. The Hall–Kier alpha value is -7.25. The minimum absolute atomic E-state index is 0.0427. The Kier molecular flexibility index (Phi) is 13.4. The maximum absolute atomic E-state index is 13.1. The number of anilines is 2. The number of non-ortho nitro benzene ring substituents is 2. The maximum atomic E-state index is 13.1. The van der Waals surface area contributed by atoms with Crippen molar-refractivity contribution in [3.63, 3.8) is 0 Å². The van der Waals surface area contributed by atoms with E-state index < -0.39 is 27.2 Å². The van der Waals surface area contributed by atoms with Gasteiger partial charge in [-0.1, -0.05) is 79.7 Å². The van der Waals surface area contributed by atoms with Crippen LogP contribution >= 0.6 is 0 Å². The highest BCUT2D eigenvalue weighted by Crippen LogP contribution is 2.58. The van der Waals surface area contributed by atoms with E-state index >= 15 is 0 Å². The molecule has 0 radical (unpaired) electrons. The molecule has 5 aromatic carbocycles. The molecule has 0 aromatic heterocycles. The zero-order chi connectivity index (χ0) is 50.1. The van der Waals surface area contributed by atoms with E-state index in [9.17, 15) is 25.0 Å². The second kappa shape index (κ2) is 19.5. The number of aliphatic hydroxyl groups is 1. The Morgan fingerprint density at radius 1 is 0.662 bits per heavy atom. The van der Waals surface area contributed by atoms with Crippen LogP contribution in [0.15, 0.2) is 121 Å². The van der Waals surface area contributed by atoms with Gasteiger partial charge in [0.15, 0.2) is 0 Å². The lowest BCUT2D eigenvalue weighted by molar-refractivity contribution is -0.385. The number of aryl methyl sites for hydroxylation is 1. The van der Waals surface area contributed by atoms with Crippen LogP contribution in [0.25, 0.3) is 12.2 Å². The predicted octanol–water partition coefficient (Wildman–Crippen LogP) is 12.6. The number of allylic oxidation sites excluding steroid dienone is 2. The summed E-state index contributed by atoms with van der Waals surface area (Å²) in [7, 11) is 0. The van der Waals surface area contributed by atoms with Gasteiger partial charge in [0.1, 0.15) is 18.1 Å². The van der Waals surface area contributed by atoms with E-state index in [2.05, 4.69) is 110 Å². The predicted molar refractivity (Wildman–Crippen MR) is 276 cm³/mol. The van der Waals surface area contributed by atoms with Crippen molar-refractivity contribution in [2.24, 2.45) is 0 Å². The molecule has 2 spiro atoms. The van der Waals surface area contributed by atoms with Crippen molar-refractivity contribution in [2.75, 3.05) is 16.4 Å². The molecule has 2 atom stereocenters. The number of hydrogen-bond donors (Lipinski definition) is 1. The Balaban J connectivity index is 0.974. The normalized spacial score (nSPS) is 19.6. The highest BCUT2D eigenvalue weighted by atomic mass is 16.6. The maximum Gasteiger partial charge on any atom is 0.306 e. The topological polar surface area (TPSA) is 158 Å². The number of ether oxygens (including phenoxy) is 3. The molecule has 4 aliphatic heterocycles. The molecule has 1 N–H and O–H groups in total. The minimum atomic E-state index is -1.07. The number of benzene rings is 5. The summed E-state index contributed by atoms with van der Waals surface area (Å²) in [6.07, 6.45) is 17.9. The van der Waals surface area contributed by atoms with Gasteiger partial charge in [0.2, 0.25) is 11.4 Å². The second-order valence-electron chi connectivity index (χ2n) is 20.0. The minimum Gasteiger partial charge on any atom is -0.462 e. The molecule has 368 valence electrons. The fraction of sp³-hybridized carbons (Fsp3) is 0.362. The Labute approximate surface area is 415 Å². The van der Waals surface area contributed by atoms with Crippen LogP contribution in [0.4, 0.5) is 22.7 Å². The van der Waals surface area contributed by atoms with Crippen molar-refractivity contribution in [3.8, 4) is 11.5 Å². The van der Waals surface area contributed by atoms with Crippen LogP contribution in [-0.2, 0) is 46.5 Å². The number of carbonyl (C=O) groups excluding carboxylic acids is 1. The van der Waals surface area contributed by atoms with E-state index in [4.69, 9.17) is 19.3 Å². The van der Waals surface area contributed by atoms with Gasteiger partial charge in [0, 0.05) is 84.0 Å². The number of nitrogens with zero attached hydrogens (tertiary/aromatic N) is 4. The summed E-state index contributed by atoms with van der Waals surface area (Å²) in [5.74, 6) is 0.721. The van der Waals surface area contributed by atoms with Crippen LogP contribution in [0, 0.1) is 20.2 Å². The number of carbonyl (C=O) groups is 1. The first kappa shape index (κ1) is 48.8. The van der Waals surface area contributed by atoms with Crippen molar-refractivity contribution in [1.29, 1.82) is 0 Å². The molecule has 71 heavy (non-hydrogen) atoms. The number of nitro groups is 2. The molecule has 13 heteroatoms. The van der Waals surface area contributed by atoms with E-state index in [0.717, 1.165) is 71.3 Å².